The van der Waals surface area contributed by atoms with Crippen LogP contribution in [0.3, 0.4) is 0 Å². The van der Waals surface area contributed by atoms with Crippen LogP contribution in [0.2, 0.25) is 9.36 Å². The predicted octanol–water partition coefficient (Wildman–Crippen LogP) is 5.28. The number of hydrogen-bond donors (Lipinski definition) is 1. The largest absolute Gasteiger partial charge is 0.476 e. The van der Waals surface area contributed by atoms with Crippen LogP contribution in [-0.4, -0.2) is 24.6 Å². The standard InChI is InChI=1S/C20H15Cl2FN2O4S2/c21-15-9-12(3-8-16(15)23)29-18(19(26)25-20-24-10-17(22)30-20)11-1-4-13(5-2-11)31(27,28)14-6-7-14/h1-5,8-10,14,18H,6-7H2,(H,24,25,26). The summed E-state index contributed by atoms with van der Waals surface area (Å²) in [6.45, 7) is 0. The molecule has 1 amide bonds. The molecule has 1 saturated carbocycles. The van der Waals surface area contributed by atoms with E-state index in [9.17, 15) is 17.6 Å². The van der Waals surface area contributed by atoms with Gasteiger partial charge in [0.1, 0.15) is 15.9 Å². The van der Waals surface area contributed by atoms with Gasteiger partial charge in [0.05, 0.1) is 21.4 Å². The monoisotopic (exact) mass is 500 g/mol. The van der Waals surface area contributed by atoms with E-state index < -0.39 is 27.7 Å². The average molecular weight is 501 g/mol. The van der Waals surface area contributed by atoms with Crippen molar-refractivity contribution >= 4 is 55.4 Å². The first-order valence-corrected chi connectivity index (χ1v) is 12.2. The van der Waals surface area contributed by atoms with Gasteiger partial charge in [-0.25, -0.2) is 17.8 Å². The van der Waals surface area contributed by atoms with Gasteiger partial charge in [0.25, 0.3) is 5.91 Å². The summed E-state index contributed by atoms with van der Waals surface area (Å²) in [7, 11) is -3.37. The molecule has 1 heterocycles. The Morgan fingerprint density at radius 3 is 2.48 bits per heavy atom. The maximum absolute atomic E-state index is 13.5. The number of benzene rings is 2. The number of carbonyl (C=O) groups excluding carboxylic acids is 1. The number of sulfone groups is 1. The number of nitrogens with zero attached hydrogens (tertiary/aromatic N) is 1. The van der Waals surface area contributed by atoms with E-state index in [-0.39, 0.29) is 26.0 Å². The van der Waals surface area contributed by atoms with Gasteiger partial charge in [0.2, 0.25) is 6.10 Å². The lowest BCUT2D eigenvalue weighted by Gasteiger charge is -2.19. The van der Waals surface area contributed by atoms with Gasteiger partial charge in [0, 0.05) is 11.6 Å². The van der Waals surface area contributed by atoms with Crippen LogP contribution in [0.5, 0.6) is 5.75 Å². The number of halogens is 3. The van der Waals surface area contributed by atoms with E-state index in [0.717, 1.165) is 17.4 Å². The van der Waals surface area contributed by atoms with Crippen molar-refractivity contribution in [2.45, 2.75) is 29.1 Å². The van der Waals surface area contributed by atoms with Crippen LogP contribution in [0.25, 0.3) is 0 Å². The molecular formula is C20H15Cl2FN2O4S2. The van der Waals surface area contributed by atoms with E-state index in [4.69, 9.17) is 27.9 Å². The summed E-state index contributed by atoms with van der Waals surface area (Å²) in [5.74, 6) is -1.02. The Morgan fingerprint density at radius 2 is 1.90 bits per heavy atom. The van der Waals surface area contributed by atoms with E-state index in [2.05, 4.69) is 10.3 Å². The van der Waals surface area contributed by atoms with Gasteiger partial charge < -0.3 is 4.74 Å². The van der Waals surface area contributed by atoms with Gasteiger partial charge in [-0.05, 0) is 37.1 Å². The third-order valence-electron chi connectivity index (χ3n) is 4.57. The second kappa shape index (κ2) is 8.74. The van der Waals surface area contributed by atoms with Crippen molar-refractivity contribution in [1.82, 2.24) is 4.98 Å². The smallest absolute Gasteiger partial charge is 0.271 e. The highest BCUT2D eigenvalue weighted by Gasteiger charge is 2.37. The SMILES string of the molecule is O=C(Nc1ncc(Cl)s1)C(Oc1ccc(F)c(Cl)c1)c1ccc(S(=O)(=O)C2CC2)cc1. The summed E-state index contributed by atoms with van der Waals surface area (Å²) >= 11 is 12.7. The number of hydrogen-bond acceptors (Lipinski definition) is 6. The molecule has 1 unspecified atom stereocenters. The molecule has 4 rings (SSSR count). The zero-order valence-electron chi connectivity index (χ0n) is 15.7. The number of aromatic nitrogens is 1. The molecule has 11 heteroatoms. The summed E-state index contributed by atoms with van der Waals surface area (Å²) in [6.07, 6.45) is 1.52. The second-order valence-corrected chi connectivity index (χ2v) is 11.1. The van der Waals surface area contributed by atoms with Gasteiger partial charge in [-0.15, -0.1) is 0 Å². The van der Waals surface area contributed by atoms with Crippen LogP contribution in [-0.2, 0) is 14.6 Å². The summed E-state index contributed by atoms with van der Waals surface area (Å²) in [4.78, 5) is 17.1. The van der Waals surface area contributed by atoms with E-state index in [1.54, 1.807) is 0 Å². The fourth-order valence-corrected chi connectivity index (χ4v) is 5.49. The molecule has 0 bridgehead atoms. The third kappa shape index (κ3) is 5.01. The molecule has 0 saturated heterocycles. The van der Waals surface area contributed by atoms with E-state index in [1.165, 1.54) is 42.6 Å². The summed E-state index contributed by atoms with van der Waals surface area (Å²) in [5, 5.41) is 2.39. The molecular weight excluding hydrogens is 486 g/mol. The molecule has 31 heavy (non-hydrogen) atoms. The first-order chi connectivity index (χ1) is 14.7. The van der Waals surface area contributed by atoms with Gasteiger partial charge >= 0.3 is 0 Å². The van der Waals surface area contributed by atoms with E-state index in [0.29, 0.717) is 22.7 Å². The number of anilines is 1. The van der Waals surface area contributed by atoms with Crippen LogP contribution >= 0.6 is 34.5 Å². The van der Waals surface area contributed by atoms with Gasteiger partial charge in [0.15, 0.2) is 15.0 Å². The zero-order chi connectivity index (χ0) is 22.2. The average Bonchev–Trinajstić information content (AvgIpc) is 3.52. The van der Waals surface area contributed by atoms with Gasteiger partial charge in [-0.3, -0.25) is 10.1 Å². The van der Waals surface area contributed by atoms with Crippen molar-refractivity contribution in [2.75, 3.05) is 5.32 Å². The van der Waals surface area contributed by atoms with Gasteiger partial charge in [-0.1, -0.05) is 46.7 Å². The van der Waals surface area contributed by atoms with Crippen LogP contribution in [0.4, 0.5) is 9.52 Å². The maximum atomic E-state index is 13.5. The molecule has 2 aromatic carbocycles. The van der Waals surface area contributed by atoms with Crippen LogP contribution < -0.4 is 10.1 Å². The molecule has 6 nitrogen and oxygen atoms in total. The molecule has 1 aromatic heterocycles. The summed E-state index contributed by atoms with van der Waals surface area (Å²) in [5.41, 5.74) is 0.398. The lowest BCUT2D eigenvalue weighted by atomic mass is 10.1. The number of rotatable bonds is 7. The fourth-order valence-electron chi connectivity index (χ4n) is 2.85. The maximum Gasteiger partial charge on any atom is 0.271 e. The lowest BCUT2D eigenvalue weighted by Crippen LogP contribution is -2.25. The first-order valence-electron chi connectivity index (χ1n) is 9.12. The highest BCUT2D eigenvalue weighted by atomic mass is 35.5. The minimum atomic E-state index is -3.37. The molecule has 0 radical (unpaired) electrons. The molecule has 1 aliphatic carbocycles. The third-order valence-corrected chi connectivity index (χ3v) is 8.16. The van der Waals surface area contributed by atoms with Crippen LogP contribution in [0.1, 0.15) is 24.5 Å². The Bertz CT molecular complexity index is 1230. The Hall–Kier alpha value is -2.20. The van der Waals surface area contributed by atoms with E-state index in [1.807, 2.05) is 0 Å². The van der Waals surface area contributed by atoms with Crippen molar-refractivity contribution in [3.05, 3.63) is 69.4 Å². The highest BCUT2D eigenvalue weighted by molar-refractivity contribution is 7.92. The van der Waals surface area contributed by atoms with Crippen molar-refractivity contribution in [3.63, 3.8) is 0 Å². The van der Waals surface area contributed by atoms with Crippen molar-refractivity contribution in [2.24, 2.45) is 0 Å². The minimum Gasteiger partial charge on any atom is -0.476 e. The summed E-state index contributed by atoms with van der Waals surface area (Å²) < 4.78 is 44.5. The van der Waals surface area contributed by atoms with Gasteiger partial charge in [-0.2, -0.15) is 0 Å². The van der Waals surface area contributed by atoms with Crippen LogP contribution in [0.15, 0.2) is 53.6 Å². The van der Waals surface area contributed by atoms with Crippen LogP contribution in [0, 0.1) is 5.82 Å². The second-order valence-electron chi connectivity index (χ2n) is 6.85. The molecule has 162 valence electrons. The quantitative estimate of drug-likeness (QED) is 0.476. The number of ether oxygens (including phenoxy) is 1. The van der Waals surface area contributed by atoms with Crippen molar-refractivity contribution in [1.29, 1.82) is 0 Å². The topological polar surface area (TPSA) is 85.4 Å². The van der Waals surface area contributed by atoms with Crippen molar-refractivity contribution in [3.8, 4) is 5.75 Å². The molecule has 1 aliphatic rings. The highest BCUT2D eigenvalue weighted by Crippen LogP contribution is 2.34. The molecule has 1 fully saturated rings. The van der Waals surface area contributed by atoms with Crippen molar-refractivity contribution < 1.29 is 22.3 Å². The number of thiazole rings is 1. The number of carbonyl (C=O) groups is 1. The summed E-state index contributed by atoms with van der Waals surface area (Å²) in [6, 6.07) is 9.64. The molecule has 0 aliphatic heterocycles. The molecule has 1 atom stereocenters. The Kier molecular flexibility index (Phi) is 6.20. The van der Waals surface area contributed by atoms with E-state index >= 15 is 0 Å². The molecule has 0 spiro atoms. The first kappa shape index (κ1) is 22.0. The number of amides is 1. The Morgan fingerprint density at radius 1 is 1.19 bits per heavy atom. The molecule has 3 aromatic rings. The fraction of sp³-hybridized carbons (Fsp3) is 0.200. The Balaban J connectivity index is 1.63. The Labute approximate surface area is 191 Å². The lowest BCUT2D eigenvalue weighted by molar-refractivity contribution is -0.123. The normalized spacial score (nSPS) is 14.8. The number of nitrogens with one attached hydrogen (secondary N) is 1. The molecule has 1 N–H and O–H groups in total. The zero-order valence-corrected chi connectivity index (χ0v) is 18.9. The minimum absolute atomic E-state index is 0.158. The predicted molar refractivity (Wildman–Crippen MR) is 117 cm³/mol.